The van der Waals surface area contributed by atoms with Crippen molar-refractivity contribution in [3.63, 3.8) is 0 Å². The van der Waals surface area contributed by atoms with E-state index in [0.717, 1.165) is 0 Å². The van der Waals surface area contributed by atoms with Crippen LogP contribution in [0.2, 0.25) is 0 Å². The molecule has 0 heterocycles. The van der Waals surface area contributed by atoms with Crippen molar-refractivity contribution in [3.8, 4) is 0 Å². The van der Waals surface area contributed by atoms with Crippen molar-refractivity contribution < 1.29 is 50.7 Å². The van der Waals surface area contributed by atoms with Crippen LogP contribution < -0.4 is 24.8 Å². The van der Waals surface area contributed by atoms with Gasteiger partial charge < -0.3 is 24.8 Å². The molecule has 21 heavy (non-hydrogen) atoms. The predicted molar refractivity (Wildman–Crippen MR) is 81.5 cm³/mol. The molecule has 0 amide bonds. The third-order valence-corrected chi connectivity index (χ3v) is 3.34. The molecule has 0 aromatic heterocycles. The molecule has 0 aliphatic rings. The van der Waals surface area contributed by atoms with Gasteiger partial charge in [-0.3, -0.25) is 0 Å². The topological polar surface area (TPSA) is 0 Å². The molecular formula is C18H26Cl2Hf. The Morgan fingerprint density at radius 1 is 0.762 bits per heavy atom. The molecular weight excluding hydrogens is 466 g/mol. The Hall–Kier alpha value is 0.150. The van der Waals surface area contributed by atoms with Crippen LogP contribution >= 0.6 is 0 Å². The van der Waals surface area contributed by atoms with Gasteiger partial charge in [0, 0.05) is 0 Å². The Kier molecular flexibility index (Phi) is 18.7. The van der Waals surface area contributed by atoms with Crippen LogP contribution in [0.4, 0.5) is 0 Å². The molecule has 0 fully saturated rings. The van der Waals surface area contributed by atoms with Crippen molar-refractivity contribution in [2.75, 3.05) is 0 Å². The fraction of sp³-hybridized carbons (Fsp3) is 0.444. The fourth-order valence-electron chi connectivity index (χ4n) is 2.19. The van der Waals surface area contributed by atoms with Crippen molar-refractivity contribution in [1.29, 1.82) is 0 Å². The van der Waals surface area contributed by atoms with Crippen molar-refractivity contribution in [3.05, 3.63) is 58.7 Å². The van der Waals surface area contributed by atoms with Gasteiger partial charge in [0.15, 0.2) is 0 Å². The summed E-state index contributed by atoms with van der Waals surface area (Å²) in [5.74, 6) is 0. The zero-order chi connectivity index (χ0) is 13.4. The van der Waals surface area contributed by atoms with Gasteiger partial charge in [-0.1, -0.05) is 53.4 Å². The molecule has 0 N–H and O–H groups in total. The first kappa shape index (κ1) is 26.1. The third-order valence-electron chi connectivity index (χ3n) is 3.34. The number of hydrogen-bond donors (Lipinski definition) is 0. The second-order valence-electron chi connectivity index (χ2n) is 4.97. The van der Waals surface area contributed by atoms with E-state index in [9.17, 15) is 0 Å². The summed E-state index contributed by atoms with van der Waals surface area (Å²) in [6.07, 6.45) is 4.98. The first-order chi connectivity index (χ1) is 8.69. The summed E-state index contributed by atoms with van der Waals surface area (Å²) < 4.78 is 0. The largest absolute Gasteiger partial charge is 4.00 e. The van der Waals surface area contributed by atoms with Gasteiger partial charge in [0.1, 0.15) is 0 Å². The van der Waals surface area contributed by atoms with E-state index in [1.807, 2.05) is 0 Å². The molecule has 0 aliphatic heterocycles. The minimum atomic E-state index is 0. The number of hydrogen-bond acceptors (Lipinski definition) is 0. The zero-order valence-corrected chi connectivity index (χ0v) is 18.7. The van der Waals surface area contributed by atoms with E-state index < -0.39 is 0 Å². The van der Waals surface area contributed by atoms with Crippen LogP contribution in [0.3, 0.4) is 0 Å². The number of rotatable bonds is 4. The quantitative estimate of drug-likeness (QED) is 0.394. The maximum absolute atomic E-state index is 2.21. The van der Waals surface area contributed by atoms with E-state index in [1.54, 1.807) is 0 Å². The van der Waals surface area contributed by atoms with Crippen LogP contribution in [0, 0.1) is 13.8 Å². The standard InChI is InChI=1S/2C9H13.2ClH.Hf/c2*1-3-5-9-7-4-6-8(9)2;;;/h2*4,6-7H,3,5H2,1-2H3;2*1H;/q2*-1;;;+4/p-2. The molecule has 2 rings (SSSR count). The van der Waals surface area contributed by atoms with Crippen LogP contribution in [0.1, 0.15) is 48.9 Å². The van der Waals surface area contributed by atoms with Gasteiger partial charge in [-0.25, -0.2) is 24.3 Å². The molecule has 0 bridgehead atoms. The van der Waals surface area contributed by atoms with E-state index in [2.05, 4.69) is 64.1 Å². The monoisotopic (exact) mass is 492 g/mol. The number of aryl methyl sites for hydroxylation is 4. The average molecular weight is 492 g/mol. The minimum absolute atomic E-state index is 0. The van der Waals surface area contributed by atoms with Crippen LogP contribution in [-0.4, -0.2) is 0 Å². The fourth-order valence-corrected chi connectivity index (χ4v) is 2.19. The first-order valence-corrected chi connectivity index (χ1v) is 7.11. The van der Waals surface area contributed by atoms with E-state index in [-0.39, 0.29) is 50.7 Å². The van der Waals surface area contributed by atoms with Gasteiger partial charge in [0.25, 0.3) is 0 Å². The van der Waals surface area contributed by atoms with Crippen molar-refractivity contribution >= 4 is 0 Å². The molecule has 0 unspecified atom stereocenters. The van der Waals surface area contributed by atoms with E-state index in [4.69, 9.17) is 0 Å². The van der Waals surface area contributed by atoms with Crippen molar-refractivity contribution in [2.24, 2.45) is 0 Å². The predicted octanol–water partition coefficient (Wildman–Crippen LogP) is -0.662. The summed E-state index contributed by atoms with van der Waals surface area (Å²) in [4.78, 5) is 0. The van der Waals surface area contributed by atoms with Gasteiger partial charge in [-0.05, 0) is 0 Å². The molecule has 0 aliphatic carbocycles. The van der Waals surface area contributed by atoms with Crippen molar-refractivity contribution in [2.45, 2.75) is 53.4 Å². The van der Waals surface area contributed by atoms with Crippen LogP contribution in [0.15, 0.2) is 36.4 Å². The third kappa shape index (κ3) is 9.71. The molecule has 2 aromatic carbocycles. The average Bonchev–Trinajstić information content (AvgIpc) is 2.92. The molecule has 3 heteroatoms. The Morgan fingerprint density at radius 3 is 1.29 bits per heavy atom. The number of halogens is 2. The molecule has 0 spiro atoms. The Morgan fingerprint density at radius 2 is 1.10 bits per heavy atom. The van der Waals surface area contributed by atoms with Gasteiger partial charge in [-0.15, -0.1) is 0 Å². The van der Waals surface area contributed by atoms with Crippen LogP contribution in [0.5, 0.6) is 0 Å². The Bertz CT molecular complexity index is 401. The van der Waals surface area contributed by atoms with E-state index >= 15 is 0 Å². The second kappa shape index (κ2) is 15.1. The minimum Gasteiger partial charge on any atom is -1.00 e. The molecule has 0 atom stereocenters. The normalized spacial score (nSPS) is 8.57. The zero-order valence-electron chi connectivity index (χ0n) is 13.5. The maximum Gasteiger partial charge on any atom is 4.00 e. The van der Waals surface area contributed by atoms with Gasteiger partial charge >= 0.3 is 25.8 Å². The van der Waals surface area contributed by atoms with E-state index in [0.29, 0.717) is 0 Å². The molecule has 0 saturated heterocycles. The summed E-state index contributed by atoms with van der Waals surface area (Å²) in [6.45, 7) is 8.77. The maximum atomic E-state index is 2.21. The van der Waals surface area contributed by atoms with Crippen molar-refractivity contribution in [1.82, 2.24) is 0 Å². The SMILES string of the molecule is CCCc1ccc[c-]1C.CCCc1ccc[c-]1C.[Cl-].[Cl-].[Hf+4]. The molecule has 116 valence electrons. The van der Waals surface area contributed by atoms with Crippen LogP contribution in [0.25, 0.3) is 0 Å². The smallest absolute Gasteiger partial charge is 1.00 e. The first-order valence-electron chi connectivity index (χ1n) is 7.11. The second-order valence-corrected chi connectivity index (χ2v) is 4.97. The molecule has 0 radical (unpaired) electrons. The summed E-state index contributed by atoms with van der Waals surface area (Å²) in [6, 6.07) is 13.0. The Labute approximate surface area is 162 Å². The van der Waals surface area contributed by atoms with Gasteiger partial charge in [0.2, 0.25) is 0 Å². The summed E-state index contributed by atoms with van der Waals surface area (Å²) in [5.41, 5.74) is 5.91. The van der Waals surface area contributed by atoms with Gasteiger partial charge in [-0.2, -0.15) is 34.4 Å². The summed E-state index contributed by atoms with van der Waals surface area (Å²) in [7, 11) is 0. The van der Waals surface area contributed by atoms with E-state index in [1.165, 1.54) is 47.9 Å². The summed E-state index contributed by atoms with van der Waals surface area (Å²) >= 11 is 0. The molecule has 0 nitrogen and oxygen atoms in total. The molecule has 2 aromatic rings. The Balaban J connectivity index is -0.000000270. The molecule has 0 saturated carbocycles. The van der Waals surface area contributed by atoms with Gasteiger partial charge in [0.05, 0.1) is 0 Å². The summed E-state index contributed by atoms with van der Waals surface area (Å²) in [5, 5.41) is 0. The van der Waals surface area contributed by atoms with Crippen LogP contribution in [-0.2, 0) is 38.7 Å².